The van der Waals surface area contributed by atoms with E-state index in [2.05, 4.69) is 70.4 Å². The molecule has 2 aromatic rings. The van der Waals surface area contributed by atoms with Gasteiger partial charge in [-0.05, 0) is 66.2 Å². The SMILES string of the molecule is CCn1cc(CC(NC)c2cccc(I)c2)cn1. The summed E-state index contributed by atoms with van der Waals surface area (Å²) >= 11 is 2.35. The van der Waals surface area contributed by atoms with Crippen LogP contribution in [0.3, 0.4) is 0 Å². The fraction of sp³-hybridized carbons (Fsp3) is 0.357. The molecule has 0 fully saturated rings. The highest BCUT2D eigenvalue weighted by Gasteiger charge is 2.11. The predicted molar refractivity (Wildman–Crippen MR) is 82.6 cm³/mol. The molecule has 1 unspecified atom stereocenters. The van der Waals surface area contributed by atoms with Crippen LogP contribution in [0.25, 0.3) is 0 Å². The standard InChI is InChI=1S/C14H18IN3/c1-3-18-10-11(9-17-18)7-14(16-2)12-5-4-6-13(15)8-12/h4-6,8-10,14,16H,3,7H2,1-2H3. The molecular formula is C14H18IN3. The van der Waals surface area contributed by atoms with Gasteiger partial charge in [-0.3, -0.25) is 4.68 Å². The first-order valence-corrected chi connectivity index (χ1v) is 7.25. The maximum Gasteiger partial charge on any atom is 0.0522 e. The lowest BCUT2D eigenvalue weighted by Gasteiger charge is -2.16. The van der Waals surface area contributed by atoms with E-state index in [1.54, 1.807) is 0 Å². The van der Waals surface area contributed by atoms with Crippen LogP contribution in [0.4, 0.5) is 0 Å². The van der Waals surface area contributed by atoms with Crippen molar-refractivity contribution in [3.05, 3.63) is 51.4 Å². The quantitative estimate of drug-likeness (QED) is 0.836. The molecule has 2 rings (SSSR count). The minimum atomic E-state index is 0.342. The Morgan fingerprint density at radius 2 is 2.28 bits per heavy atom. The topological polar surface area (TPSA) is 29.9 Å². The molecule has 1 aromatic carbocycles. The van der Waals surface area contributed by atoms with Crippen molar-refractivity contribution in [3.63, 3.8) is 0 Å². The van der Waals surface area contributed by atoms with Gasteiger partial charge in [-0.25, -0.2) is 0 Å². The molecule has 0 aliphatic rings. The van der Waals surface area contributed by atoms with Crippen molar-refractivity contribution in [3.8, 4) is 0 Å². The van der Waals surface area contributed by atoms with E-state index in [1.807, 2.05) is 17.9 Å². The summed E-state index contributed by atoms with van der Waals surface area (Å²) < 4.78 is 3.24. The van der Waals surface area contributed by atoms with E-state index < -0.39 is 0 Å². The minimum absolute atomic E-state index is 0.342. The normalized spacial score (nSPS) is 12.6. The molecule has 96 valence electrons. The maximum atomic E-state index is 4.32. The fourth-order valence-corrected chi connectivity index (χ4v) is 2.60. The summed E-state index contributed by atoms with van der Waals surface area (Å²) in [6.45, 7) is 3.03. The van der Waals surface area contributed by atoms with Crippen molar-refractivity contribution in [1.29, 1.82) is 0 Å². The Bertz CT molecular complexity index is 507. The zero-order valence-corrected chi connectivity index (χ0v) is 12.9. The molecule has 0 saturated heterocycles. The summed E-state index contributed by atoms with van der Waals surface area (Å²) in [5, 5.41) is 7.70. The summed E-state index contributed by atoms with van der Waals surface area (Å²) in [5.41, 5.74) is 2.60. The summed E-state index contributed by atoms with van der Waals surface area (Å²) in [6, 6.07) is 8.97. The number of likely N-dealkylation sites (N-methyl/N-ethyl adjacent to an activating group) is 1. The van der Waals surface area contributed by atoms with Gasteiger partial charge in [0.2, 0.25) is 0 Å². The maximum absolute atomic E-state index is 4.32. The lowest BCUT2D eigenvalue weighted by atomic mass is 10.0. The number of benzene rings is 1. The molecule has 4 heteroatoms. The molecule has 18 heavy (non-hydrogen) atoms. The first kappa shape index (κ1) is 13.5. The zero-order chi connectivity index (χ0) is 13.0. The summed E-state index contributed by atoms with van der Waals surface area (Å²) in [7, 11) is 2.01. The molecule has 0 aliphatic heterocycles. The monoisotopic (exact) mass is 355 g/mol. The Kier molecular flexibility index (Phi) is 4.77. The Labute approximate surface area is 122 Å². The number of aryl methyl sites for hydroxylation is 1. The highest BCUT2D eigenvalue weighted by Crippen LogP contribution is 2.19. The van der Waals surface area contributed by atoms with Crippen molar-refractivity contribution < 1.29 is 0 Å². The second-order valence-electron chi connectivity index (χ2n) is 4.30. The van der Waals surface area contributed by atoms with Crippen LogP contribution in [0.1, 0.15) is 24.1 Å². The Morgan fingerprint density at radius 3 is 2.89 bits per heavy atom. The number of aromatic nitrogens is 2. The lowest BCUT2D eigenvalue weighted by Crippen LogP contribution is -2.18. The van der Waals surface area contributed by atoms with Gasteiger partial charge < -0.3 is 5.32 Å². The Hall–Kier alpha value is -0.880. The molecule has 3 nitrogen and oxygen atoms in total. The van der Waals surface area contributed by atoms with E-state index in [9.17, 15) is 0 Å². The predicted octanol–water partition coefficient (Wildman–Crippen LogP) is 3.01. The smallest absolute Gasteiger partial charge is 0.0522 e. The average Bonchev–Trinajstić information content (AvgIpc) is 2.83. The summed E-state index contributed by atoms with van der Waals surface area (Å²) in [4.78, 5) is 0. The van der Waals surface area contributed by atoms with Crippen LogP contribution in [-0.4, -0.2) is 16.8 Å². The largest absolute Gasteiger partial charge is 0.313 e. The number of hydrogen-bond acceptors (Lipinski definition) is 2. The zero-order valence-electron chi connectivity index (χ0n) is 10.7. The van der Waals surface area contributed by atoms with Gasteiger partial charge in [0.25, 0.3) is 0 Å². The second kappa shape index (κ2) is 6.33. The van der Waals surface area contributed by atoms with Gasteiger partial charge in [-0.15, -0.1) is 0 Å². The first-order valence-electron chi connectivity index (χ1n) is 6.17. The molecule has 1 aromatic heterocycles. The van der Waals surface area contributed by atoms with Crippen LogP contribution in [0.15, 0.2) is 36.7 Å². The van der Waals surface area contributed by atoms with E-state index in [-0.39, 0.29) is 0 Å². The molecule has 0 bridgehead atoms. The molecule has 1 N–H and O–H groups in total. The number of hydrogen-bond donors (Lipinski definition) is 1. The van der Waals surface area contributed by atoms with Crippen LogP contribution < -0.4 is 5.32 Å². The van der Waals surface area contributed by atoms with Gasteiger partial charge in [0, 0.05) is 22.4 Å². The highest BCUT2D eigenvalue weighted by atomic mass is 127. The van der Waals surface area contributed by atoms with Crippen molar-refractivity contribution >= 4 is 22.6 Å². The third-order valence-corrected chi connectivity index (χ3v) is 3.72. The van der Waals surface area contributed by atoms with Gasteiger partial charge >= 0.3 is 0 Å². The van der Waals surface area contributed by atoms with Crippen molar-refractivity contribution in [2.45, 2.75) is 25.9 Å². The highest BCUT2D eigenvalue weighted by molar-refractivity contribution is 14.1. The molecule has 1 atom stereocenters. The third kappa shape index (κ3) is 3.32. The number of rotatable bonds is 5. The molecular weight excluding hydrogens is 337 g/mol. The van der Waals surface area contributed by atoms with Crippen molar-refractivity contribution in [1.82, 2.24) is 15.1 Å². The van der Waals surface area contributed by atoms with E-state index in [4.69, 9.17) is 0 Å². The van der Waals surface area contributed by atoms with Gasteiger partial charge in [0.05, 0.1) is 6.20 Å². The molecule has 0 radical (unpaired) electrons. The summed E-state index contributed by atoms with van der Waals surface area (Å²) in [6.07, 6.45) is 5.05. The third-order valence-electron chi connectivity index (χ3n) is 3.05. The van der Waals surface area contributed by atoms with Gasteiger partial charge in [0.1, 0.15) is 0 Å². The second-order valence-corrected chi connectivity index (χ2v) is 5.55. The number of nitrogens with one attached hydrogen (secondary N) is 1. The van der Waals surface area contributed by atoms with Crippen LogP contribution in [0, 0.1) is 3.57 Å². The molecule has 0 amide bonds. The molecule has 1 heterocycles. The van der Waals surface area contributed by atoms with E-state index in [1.165, 1.54) is 14.7 Å². The van der Waals surface area contributed by atoms with E-state index in [0.717, 1.165) is 13.0 Å². The van der Waals surface area contributed by atoms with Crippen molar-refractivity contribution in [2.75, 3.05) is 7.05 Å². The van der Waals surface area contributed by atoms with E-state index in [0.29, 0.717) is 6.04 Å². The lowest BCUT2D eigenvalue weighted by molar-refractivity contribution is 0.590. The molecule has 0 spiro atoms. The van der Waals surface area contributed by atoms with Gasteiger partial charge in [-0.2, -0.15) is 5.10 Å². The number of nitrogens with zero attached hydrogens (tertiary/aromatic N) is 2. The van der Waals surface area contributed by atoms with Crippen LogP contribution in [0.5, 0.6) is 0 Å². The van der Waals surface area contributed by atoms with Crippen molar-refractivity contribution in [2.24, 2.45) is 0 Å². The van der Waals surface area contributed by atoms with E-state index >= 15 is 0 Å². The first-order chi connectivity index (χ1) is 8.72. The Morgan fingerprint density at radius 1 is 1.44 bits per heavy atom. The minimum Gasteiger partial charge on any atom is -0.313 e. The summed E-state index contributed by atoms with van der Waals surface area (Å²) in [5.74, 6) is 0. The Balaban J connectivity index is 2.14. The average molecular weight is 355 g/mol. The van der Waals surface area contributed by atoms with Gasteiger partial charge in [-0.1, -0.05) is 12.1 Å². The van der Waals surface area contributed by atoms with Gasteiger partial charge in [0.15, 0.2) is 0 Å². The van der Waals surface area contributed by atoms with Crippen LogP contribution in [0.2, 0.25) is 0 Å². The fourth-order valence-electron chi connectivity index (χ4n) is 2.03. The van der Waals surface area contributed by atoms with Crippen LogP contribution in [-0.2, 0) is 13.0 Å². The van der Waals surface area contributed by atoms with Crippen LogP contribution >= 0.6 is 22.6 Å². The molecule has 0 aliphatic carbocycles. The molecule has 0 saturated carbocycles. The number of halogens is 1.